The van der Waals surface area contributed by atoms with E-state index in [-0.39, 0.29) is 0 Å². The fourth-order valence-corrected chi connectivity index (χ4v) is 3.12. The third kappa shape index (κ3) is 2.01. The van der Waals surface area contributed by atoms with Gasteiger partial charge in [-0.3, -0.25) is 4.98 Å². The molecule has 1 aromatic carbocycles. The molecule has 0 radical (unpaired) electrons. The van der Waals surface area contributed by atoms with Crippen molar-refractivity contribution in [2.45, 2.75) is 38.1 Å². The summed E-state index contributed by atoms with van der Waals surface area (Å²) in [4.78, 5) is 4.56. The van der Waals surface area contributed by atoms with Gasteiger partial charge in [0.05, 0.1) is 5.52 Å². The molecule has 0 bridgehead atoms. The quantitative estimate of drug-likeness (QED) is 0.890. The van der Waals surface area contributed by atoms with Crippen LogP contribution in [-0.4, -0.2) is 17.1 Å². The predicted octanol–water partition coefficient (Wildman–Crippen LogP) is 3.31. The van der Waals surface area contributed by atoms with Crippen LogP contribution >= 0.6 is 0 Å². The highest BCUT2D eigenvalue weighted by atomic mass is 15.0. The van der Waals surface area contributed by atoms with Gasteiger partial charge in [-0.25, -0.2) is 0 Å². The number of rotatable bonds is 3. The zero-order valence-electron chi connectivity index (χ0n) is 10.9. The highest BCUT2D eigenvalue weighted by Gasteiger charge is 2.31. The van der Waals surface area contributed by atoms with Gasteiger partial charge in [-0.1, -0.05) is 31.2 Å². The van der Waals surface area contributed by atoms with E-state index in [9.17, 15) is 0 Å². The highest BCUT2D eigenvalue weighted by molar-refractivity contribution is 5.81. The van der Waals surface area contributed by atoms with Gasteiger partial charge in [0, 0.05) is 17.1 Å². The van der Waals surface area contributed by atoms with Crippen LogP contribution < -0.4 is 5.32 Å². The molecule has 2 heteroatoms. The van der Waals surface area contributed by atoms with Crippen LogP contribution in [0.25, 0.3) is 10.9 Å². The first-order valence-electron chi connectivity index (χ1n) is 6.91. The Bertz CT molecular complexity index is 536. The zero-order valence-corrected chi connectivity index (χ0v) is 10.9. The fraction of sp³-hybridized carbons (Fsp3) is 0.438. The van der Waals surface area contributed by atoms with Gasteiger partial charge in [-0.15, -0.1) is 0 Å². The second kappa shape index (κ2) is 4.69. The largest absolute Gasteiger partial charge is 0.311 e. The molecule has 1 fully saturated rings. The Hall–Kier alpha value is -1.41. The molecular formula is C16H20N2. The van der Waals surface area contributed by atoms with E-state index in [1.165, 1.54) is 35.7 Å². The van der Waals surface area contributed by atoms with Crippen LogP contribution in [0.4, 0.5) is 0 Å². The number of para-hydroxylation sites is 1. The molecule has 3 rings (SSSR count). The first kappa shape index (κ1) is 11.7. The number of pyridine rings is 1. The van der Waals surface area contributed by atoms with Crippen molar-refractivity contribution in [3.05, 3.63) is 42.1 Å². The van der Waals surface area contributed by atoms with E-state index in [2.05, 4.69) is 41.5 Å². The standard InChI is InChI=1S/C16H20N2/c1-2-16(9-5-11-18-16)12-14-7-3-6-13-8-4-10-17-15(13)14/h3-4,6-8,10,18H,2,5,9,11-12H2,1H3. The molecule has 0 aliphatic carbocycles. The van der Waals surface area contributed by atoms with E-state index in [1.54, 1.807) is 0 Å². The minimum Gasteiger partial charge on any atom is -0.311 e. The molecule has 1 aliphatic rings. The van der Waals surface area contributed by atoms with Crippen molar-refractivity contribution in [1.29, 1.82) is 0 Å². The number of hydrogen-bond acceptors (Lipinski definition) is 2. The van der Waals surface area contributed by atoms with Crippen molar-refractivity contribution < 1.29 is 0 Å². The van der Waals surface area contributed by atoms with Crippen molar-refractivity contribution in [2.75, 3.05) is 6.54 Å². The summed E-state index contributed by atoms with van der Waals surface area (Å²) in [7, 11) is 0. The first-order valence-corrected chi connectivity index (χ1v) is 6.91. The maximum absolute atomic E-state index is 4.56. The van der Waals surface area contributed by atoms with Gasteiger partial charge in [0.2, 0.25) is 0 Å². The maximum Gasteiger partial charge on any atom is 0.0734 e. The topological polar surface area (TPSA) is 24.9 Å². The molecule has 0 amide bonds. The Morgan fingerprint density at radius 3 is 2.94 bits per heavy atom. The molecule has 1 aromatic heterocycles. The highest BCUT2D eigenvalue weighted by Crippen LogP contribution is 2.29. The molecule has 1 aliphatic heterocycles. The summed E-state index contributed by atoms with van der Waals surface area (Å²) in [5.74, 6) is 0. The summed E-state index contributed by atoms with van der Waals surface area (Å²) in [6.07, 6.45) is 6.76. The Labute approximate surface area is 108 Å². The smallest absolute Gasteiger partial charge is 0.0734 e. The van der Waals surface area contributed by atoms with E-state index >= 15 is 0 Å². The SMILES string of the molecule is CCC1(Cc2cccc3cccnc23)CCCN1. The molecule has 2 heterocycles. The van der Waals surface area contributed by atoms with Gasteiger partial charge in [0.25, 0.3) is 0 Å². The molecule has 1 atom stereocenters. The summed E-state index contributed by atoms with van der Waals surface area (Å²) in [5, 5.41) is 4.95. The van der Waals surface area contributed by atoms with Crippen LogP contribution in [0.1, 0.15) is 31.7 Å². The lowest BCUT2D eigenvalue weighted by Crippen LogP contribution is -2.41. The maximum atomic E-state index is 4.56. The Morgan fingerprint density at radius 1 is 1.28 bits per heavy atom. The van der Waals surface area contributed by atoms with Crippen molar-refractivity contribution in [3.8, 4) is 0 Å². The number of aromatic nitrogens is 1. The lowest BCUT2D eigenvalue weighted by Gasteiger charge is -2.28. The summed E-state index contributed by atoms with van der Waals surface area (Å²) in [6.45, 7) is 3.45. The van der Waals surface area contributed by atoms with E-state index in [0.29, 0.717) is 5.54 Å². The molecule has 94 valence electrons. The van der Waals surface area contributed by atoms with Crippen LogP contribution in [0.2, 0.25) is 0 Å². The first-order chi connectivity index (χ1) is 8.83. The second-order valence-corrected chi connectivity index (χ2v) is 5.33. The van der Waals surface area contributed by atoms with Crippen LogP contribution in [0.15, 0.2) is 36.5 Å². The average Bonchev–Trinajstić information content (AvgIpc) is 2.88. The third-order valence-corrected chi connectivity index (χ3v) is 4.25. The molecule has 0 saturated carbocycles. The Morgan fingerprint density at radius 2 is 2.17 bits per heavy atom. The normalized spacial score (nSPS) is 23.6. The van der Waals surface area contributed by atoms with E-state index in [1.807, 2.05) is 12.3 Å². The second-order valence-electron chi connectivity index (χ2n) is 5.33. The number of nitrogens with one attached hydrogen (secondary N) is 1. The van der Waals surface area contributed by atoms with Crippen molar-refractivity contribution in [3.63, 3.8) is 0 Å². The number of hydrogen-bond donors (Lipinski definition) is 1. The summed E-state index contributed by atoms with van der Waals surface area (Å²) in [5.41, 5.74) is 2.84. The lowest BCUT2D eigenvalue weighted by atomic mass is 9.86. The molecule has 1 unspecified atom stereocenters. The monoisotopic (exact) mass is 240 g/mol. The van der Waals surface area contributed by atoms with Gasteiger partial charge in [0.1, 0.15) is 0 Å². The molecule has 0 spiro atoms. The number of fused-ring (bicyclic) bond motifs is 1. The fourth-order valence-electron chi connectivity index (χ4n) is 3.12. The Balaban J connectivity index is 1.99. The predicted molar refractivity (Wildman–Crippen MR) is 75.7 cm³/mol. The molecule has 1 N–H and O–H groups in total. The van der Waals surface area contributed by atoms with Gasteiger partial charge >= 0.3 is 0 Å². The minimum atomic E-state index is 0.297. The van der Waals surface area contributed by atoms with E-state index < -0.39 is 0 Å². The van der Waals surface area contributed by atoms with Gasteiger partial charge < -0.3 is 5.32 Å². The van der Waals surface area contributed by atoms with Crippen molar-refractivity contribution in [1.82, 2.24) is 10.3 Å². The summed E-state index contributed by atoms with van der Waals surface area (Å²) < 4.78 is 0. The van der Waals surface area contributed by atoms with E-state index in [4.69, 9.17) is 0 Å². The van der Waals surface area contributed by atoms with Crippen LogP contribution in [-0.2, 0) is 6.42 Å². The van der Waals surface area contributed by atoms with Crippen molar-refractivity contribution in [2.24, 2.45) is 0 Å². The van der Waals surface area contributed by atoms with Crippen LogP contribution in [0.5, 0.6) is 0 Å². The molecule has 18 heavy (non-hydrogen) atoms. The molecule has 1 saturated heterocycles. The van der Waals surface area contributed by atoms with Gasteiger partial charge in [-0.05, 0) is 43.9 Å². The number of benzene rings is 1. The Kier molecular flexibility index (Phi) is 3.04. The summed E-state index contributed by atoms with van der Waals surface area (Å²) in [6, 6.07) is 10.7. The minimum absolute atomic E-state index is 0.297. The molecule has 2 nitrogen and oxygen atoms in total. The lowest BCUT2D eigenvalue weighted by molar-refractivity contribution is 0.360. The third-order valence-electron chi connectivity index (χ3n) is 4.25. The van der Waals surface area contributed by atoms with Gasteiger partial charge in [-0.2, -0.15) is 0 Å². The molecule has 2 aromatic rings. The van der Waals surface area contributed by atoms with Crippen LogP contribution in [0, 0.1) is 0 Å². The van der Waals surface area contributed by atoms with E-state index in [0.717, 1.165) is 13.0 Å². The zero-order chi connectivity index (χ0) is 12.4. The van der Waals surface area contributed by atoms with Gasteiger partial charge in [0.15, 0.2) is 0 Å². The number of nitrogens with zero attached hydrogens (tertiary/aromatic N) is 1. The average molecular weight is 240 g/mol. The molecular weight excluding hydrogens is 220 g/mol. The summed E-state index contributed by atoms with van der Waals surface area (Å²) >= 11 is 0. The van der Waals surface area contributed by atoms with Crippen LogP contribution in [0.3, 0.4) is 0 Å². The van der Waals surface area contributed by atoms with Crippen molar-refractivity contribution >= 4 is 10.9 Å².